The van der Waals surface area contributed by atoms with Crippen LogP contribution >= 0.6 is 0 Å². The topological polar surface area (TPSA) is 275 Å². The van der Waals surface area contributed by atoms with Crippen LogP contribution in [0.4, 0.5) is 0 Å². The minimum absolute atomic E-state index is 0.0505. The van der Waals surface area contributed by atoms with E-state index < -0.39 is 120 Å². The first-order chi connectivity index (χ1) is 39.0. The fraction of sp³-hybridized carbons (Fsp3) is 0.667. The molecule has 8 bridgehead atoms. The lowest BCUT2D eigenvalue weighted by Gasteiger charge is -2.38. The Hall–Kier alpha value is -6.36. The summed E-state index contributed by atoms with van der Waals surface area (Å²) in [4.78, 5) is 122. The normalized spacial score (nSPS) is 31.7. The standard InChI is InChI=1S/C60H88N8O14/c1-33(2)25-43-59(77)67(7)47-31-81-51(49(47)69)55(73)63-46(28-36-19-23-42(80-10)24-20-36)58(76)66(6)40-16-12-14-38(30-40)54(72)62-44(26-34(3)4)60(78)68(8)48-32-82-52(50(48)70)56(74)64-45(27-35-17-21-41(79-9)22-18-35)57(75)65(5)39-15-11-13-37(29-39)53(71)61-43/h17-24,33-34,37-40,43-52,69-70H,11-16,25-32H2,1-10H3,(H,61,71)(H,62,72)(H,63,73)(H,64,74)/t37-,38-,39+,40+,43-,44-,45-,46-,47+,48+,49-,50-,51-,52-/m1/s1. The molecule has 0 spiro atoms. The first-order valence-corrected chi connectivity index (χ1v) is 29.1. The summed E-state index contributed by atoms with van der Waals surface area (Å²) in [5.41, 5.74) is 1.40. The van der Waals surface area contributed by atoms with Crippen LogP contribution in [0.5, 0.6) is 11.5 Å². The summed E-state index contributed by atoms with van der Waals surface area (Å²) in [6.07, 6.45) is -1.62. The third-order valence-electron chi connectivity index (χ3n) is 17.4. The van der Waals surface area contributed by atoms with Crippen molar-refractivity contribution in [1.29, 1.82) is 0 Å². The van der Waals surface area contributed by atoms with E-state index in [1.54, 1.807) is 72.4 Å². The number of nitrogens with one attached hydrogen (secondary N) is 4. The van der Waals surface area contributed by atoms with Crippen molar-refractivity contribution >= 4 is 47.3 Å². The summed E-state index contributed by atoms with van der Waals surface area (Å²) in [5, 5.41) is 35.3. The summed E-state index contributed by atoms with van der Waals surface area (Å²) in [5.74, 6) is -4.29. The van der Waals surface area contributed by atoms with Crippen LogP contribution in [-0.4, -0.2) is 205 Å². The van der Waals surface area contributed by atoms with Crippen molar-refractivity contribution in [2.75, 3.05) is 55.6 Å². The molecule has 82 heavy (non-hydrogen) atoms. The Labute approximate surface area is 482 Å². The number of methoxy groups -OCH3 is 2. The molecule has 0 aromatic heterocycles. The van der Waals surface area contributed by atoms with Gasteiger partial charge in [-0.1, -0.05) is 64.8 Å². The molecule has 0 radical (unpaired) electrons. The molecule has 3 aliphatic heterocycles. The molecular weight excluding hydrogens is 1060 g/mol. The number of aliphatic hydroxyl groups is 2. The van der Waals surface area contributed by atoms with E-state index in [-0.39, 0.29) is 75.4 Å². The molecule has 3 saturated heterocycles. The minimum atomic E-state index is -1.52. The van der Waals surface area contributed by atoms with Crippen molar-refractivity contribution in [3.05, 3.63) is 59.7 Å². The number of nitrogens with zero attached hydrogens (tertiary/aromatic N) is 4. The van der Waals surface area contributed by atoms with Gasteiger partial charge in [-0.05, 0) is 98.6 Å². The van der Waals surface area contributed by atoms with Crippen LogP contribution in [0, 0.1) is 23.7 Å². The molecule has 452 valence electrons. The van der Waals surface area contributed by atoms with Gasteiger partial charge in [0.15, 0.2) is 12.2 Å². The quantitative estimate of drug-likeness (QED) is 0.198. The molecule has 22 heteroatoms. The van der Waals surface area contributed by atoms with Gasteiger partial charge in [0.1, 0.15) is 47.9 Å². The lowest BCUT2D eigenvalue weighted by atomic mass is 9.83. The Kier molecular flexibility index (Phi) is 21.8. The molecule has 8 amide bonds. The summed E-state index contributed by atoms with van der Waals surface area (Å²) in [7, 11) is 9.31. The lowest BCUT2D eigenvalue weighted by molar-refractivity contribution is -0.144. The van der Waals surface area contributed by atoms with E-state index >= 15 is 0 Å². The molecule has 22 nitrogen and oxygen atoms in total. The van der Waals surface area contributed by atoms with Crippen molar-refractivity contribution in [1.82, 2.24) is 40.9 Å². The summed E-state index contributed by atoms with van der Waals surface area (Å²) in [6, 6.07) is 6.84. The number of hydrogen-bond acceptors (Lipinski definition) is 14. The lowest BCUT2D eigenvalue weighted by Crippen LogP contribution is -2.58. The summed E-state index contributed by atoms with van der Waals surface area (Å²) in [6.45, 7) is 7.24. The number of fused-ring (bicyclic) bond motifs is 8. The highest BCUT2D eigenvalue weighted by atomic mass is 16.5. The van der Waals surface area contributed by atoms with Gasteiger partial charge in [-0.2, -0.15) is 0 Å². The SMILES string of the molecule is COc1ccc(C[C@H]2NC(=O)[C@@H]3OC[C@@H]([C@H]3O)N(C)C(=O)[C@@H](CC(C)C)NC(=O)[C@@H]3CCC[C@@H](C3)N(C)C(=O)[C@@H](Cc3ccc(OC)cc3)NC(=O)[C@@H]3OC[C@@H]([C@H]3O)N(C)C(=O)[C@@H](CC(C)C)NC(=O)[C@@H]3CCC[C@@H](C3)N(C)C2=O)cc1. The highest BCUT2D eigenvalue weighted by Crippen LogP contribution is 2.32. The molecule has 2 aromatic rings. The van der Waals surface area contributed by atoms with Crippen LogP contribution in [-0.2, 0) is 60.7 Å². The van der Waals surface area contributed by atoms with E-state index in [2.05, 4.69) is 21.3 Å². The van der Waals surface area contributed by atoms with Crippen molar-refractivity contribution in [2.24, 2.45) is 23.7 Å². The molecule has 14 atom stereocenters. The second-order valence-corrected chi connectivity index (χ2v) is 24.1. The van der Waals surface area contributed by atoms with Crippen molar-refractivity contribution in [3.63, 3.8) is 0 Å². The highest BCUT2D eigenvalue weighted by Gasteiger charge is 2.48. The van der Waals surface area contributed by atoms with Gasteiger partial charge < -0.3 is 70.0 Å². The van der Waals surface area contributed by atoms with E-state index in [0.29, 0.717) is 61.2 Å². The van der Waals surface area contributed by atoms with E-state index in [0.717, 1.165) is 0 Å². The predicted molar refractivity (Wildman–Crippen MR) is 302 cm³/mol. The maximum Gasteiger partial charge on any atom is 0.252 e. The third-order valence-corrected chi connectivity index (χ3v) is 17.4. The van der Waals surface area contributed by atoms with Crippen LogP contribution in [0.15, 0.2) is 48.5 Å². The van der Waals surface area contributed by atoms with Crippen molar-refractivity contribution < 1.29 is 67.5 Å². The second-order valence-electron chi connectivity index (χ2n) is 24.1. The third kappa shape index (κ3) is 15.2. The van der Waals surface area contributed by atoms with Crippen LogP contribution in [0.1, 0.15) is 103 Å². The van der Waals surface area contributed by atoms with Crippen molar-refractivity contribution in [3.8, 4) is 11.5 Å². The number of rotatable bonds is 10. The fourth-order valence-corrected chi connectivity index (χ4v) is 12.4. The Balaban J connectivity index is 1.19. The monoisotopic (exact) mass is 1140 g/mol. The van der Waals surface area contributed by atoms with Gasteiger partial charge in [0, 0.05) is 65.0 Å². The Bertz CT molecular complexity index is 2390. The second kappa shape index (κ2) is 28.3. The average molecular weight is 1150 g/mol. The van der Waals surface area contributed by atoms with Crippen LogP contribution in [0.2, 0.25) is 0 Å². The smallest absolute Gasteiger partial charge is 0.252 e. The zero-order valence-corrected chi connectivity index (χ0v) is 49.3. The number of benzene rings is 2. The number of likely N-dealkylation sites (N-methyl/N-ethyl adjacent to an activating group) is 4. The zero-order chi connectivity index (χ0) is 59.7. The fourth-order valence-electron chi connectivity index (χ4n) is 12.4. The zero-order valence-electron chi connectivity index (χ0n) is 49.3. The van der Waals surface area contributed by atoms with Gasteiger partial charge in [-0.15, -0.1) is 0 Å². The number of carbonyl (C=O) groups is 8. The largest absolute Gasteiger partial charge is 0.497 e. The number of ether oxygens (including phenoxy) is 4. The van der Waals surface area contributed by atoms with E-state index in [4.69, 9.17) is 18.9 Å². The van der Waals surface area contributed by atoms with Crippen LogP contribution < -0.4 is 30.7 Å². The van der Waals surface area contributed by atoms with Gasteiger partial charge in [-0.25, -0.2) is 0 Å². The Morgan fingerprint density at radius 3 is 1.15 bits per heavy atom. The molecule has 0 unspecified atom stereocenters. The molecule has 5 fully saturated rings. The highest BCUT2D eigenvalue weighted by molar-refractivity contribution is 5.93. The predicted octanol–water partition coefficient (Wildman–Crippen LogP) is 1.74. The van der Waals surface area contributed by atoms with Crippen LogP contribution in [0.25, 0.3) is 0 Å². The van der Waals surface area contributed by atoms with Crippen molar-refractivity contribution in [2.45, 2.75) is 177 Å². The molecule has 2 aliphatic carbocycles. The number of carbonyl (C=O) groups excluding carboxylic acids is 8. The maximum absolute atomic E-state index is 14.8. The molecule has 2 aromatic carbocycles. The maximum atomic E-state index is 14.8. The molecular formula is C60H88N8O14. The van der Waals surface area contributed by atoms with Gasteiger partial charge >= 0.3 is 0 Å². The van der Waals surface area contributed by atoms with E-state index in [1.807, 2.05) is 27.7 Å². The van der Waals surface area contributed by atoms with E-state index in [9.17, 15) is 48.6 Å². The van der Waals surface area contributed by atoms with Gasteiger partial charge in [0.25, 0.3) is 11.8 Å². The average Bonchev–Trinajstić information content (AvgIpc) is 4.28. The first-order valence-electron chi connectivity index (χ1n) is 29.1. The number of amides is 8. The number of aliphatic hydroxyl groups excluding tert-OH is 2. The summed E-state index contributed by atoms with van der Waals surface area (Å²) >= 11 is 0. The Morgan fingerprint density at radius 1 is 0.488 bits per heavy atom. The van der Waals surface area contributed by atoms with Gasteiger partial charge in [0.05, 0.1) is 39.5 Å². The molecule has 6 N–H and O–H groups in total. The minimum Gasteiger partial charge on any atom is -0.497 e. The van der Waals surface area contributed by atoms with Gasteiger partial charge in [0.2, 0.25) is 35.4 Å². The molecule has 2 saturated carbocycles. The summed E-state index contributed by atoms with van der Waals surface area (Å²) < 4.78 is 22.6. The molecule has 7 rings (SSSR count). The first kappa shape index (κ1) is 63.2. The van der Waals surface area contributed by atoms with E-state index in [1.165, 1.54) is 38.1 Å². The molecule has 3 heterocycles. The van der Waals surface area contributed by atoms with Crippen LogP contribution in [0.3, 0.4) is 0 Å². The van der Waals surface area contributed by atoms with Gasteiger partial charge in [-0.3, -0.25) is 38.4 Å². The number of hydrogen-bond donors (Lipinski definition) is 6. The Morgan fingerprint density at radius 2 is 0.817 bits per heavy atom. The molecule has 5 aliphatic rings.